The van der Waals surface area contributed by atoms with E-state index in [1.807, 2.05) is 0 Å². The highest BCUT2D eigenvalue weighted by atomic mass is 35.5. The third kappa shape index (κ3) is 2.77. The third-order valence-electron chi connectivity index (χ3n) is 1.92. The first-order valence-corrected chi connectivity index (χ1v) is 4.47. The van der Waals surface area contributed by atoms with Crippen LogP contribution >= 0.6 is 11.6 Å². The molecular weight excluding hydrogens is 274 g/mol. The summed E-state index contributed by atoms with van der Waals surface area (Å²) < 4.78 is 79.2. The van der Waals surface area contributed by atoms with Crippen molar-refractivity contribution in [1.82, 2.24) is 0 Å². The molecule has 0 bridgehead atoms. The molecule has 0 saturated carbocycles. The normalized spacial score (nSPS) is 12.7. The van der Waals surface area contributed by atoms with Crippen molar-refractivity contribution in [3.63, 3.8) is 0 Å². The molecule has 1 aromatic carbocycles. The van der Waals surface area contributed by atoms with E-state index in [2.05, 4.69) is 4.74 Å². The highest BCUT2D eigenvalue weighted by Crippen LogP contribution is 2.46. The molecule has 0 aliphatic carbocycles. The largest absolute Gasteiger partial charge is 0.495 e. The minimum absolute atomic E-state index is 0.285. The predicted molar refractivity (Wildman–Crippen MR) is 48.0 cm³/mol. The van der Waals surface area contributed by atoms with E-state index in [4.69, 9.17) is 11.6 Å². The van der Waals surface area contributed by atoms with Gasteiger partial charge in [-0.15, -0.1) is 0 Å². The first kappa shape index (κ1) is 14.0. The summed E-state index contributed by atoms with van der Waals surface area (Å²) in [5, 5.41) is -1.10. The number of benzene rings is 1. The molecular formula is C9H5ClF6O. The molecule has 1 aromatic rings. The number of halogens is 7. The highest BCUT2D eigenvalue weighted by Gasteiger charge is 2.45. The SMILES string of the molecule is COc1ccc(C(F)(F)F)c(C(F)(F)F)c1Cl. The van der Waals surface area contributed by atoms with E-state index in [1.165, 1.54) is 0 Å². The highest BCUT2D eigenvalue weighted by molar-refractivity contribution is 6.33. The molecule has 8 heteroatoms. The van der Waals surface area contributed by atoms with Crippen LogP contribution in [0.5, 0.6) is 5.75 Å². The molecule has 17 heavy (non-hydrogen) atoms. The van der Waals surface area contributed by atoms with Crippen molar-refractivity contribution < 1.29 is 31.1 Å². The average molecular weight is 279 g/mol. The fourth-order valence-electron chi connectivity index (χ4n) is 1.23. The summed E-state index contributed by atoms with van der Waals surface area (Å²) in [7, 11) is 1.01. The molecule has 1 nitrogen and oxygen atoms in total. The number of rotatable bonds is 1. The Morgan fingerprint density at radius 2 is 1.53 bits per heavy atom. The zero-order valence-electron chi connectivity index (χ0n) is 8.21. The van der Waals surface area contributed by atoms with Gasteiger partial charge in [0.1, 0.15) is 5.75 Å². The second kappa shape index (κ2) is 4.29. The van der Waals surface area contributed by atoms with Gasteiger partial charge in [0.2, 0.25) is 0 Å². The number of alkyl halides is 6. The Morgan fingerprint density at radius 3 is 1.88 bits per heavy atom. The van der Waals surface area contributed by atoms with Crippen LogP contribution in [0.4, 0.5) is 26.3 Å². The van der Waals surface area contributed by atoms with Crippen LogP contribution in [-0.4, -0.2) is 7.11 Å². The molecule has 0 radical (unpaired) electrons. The summed E-state index contributed by atoms with van der Waals surface area (Å²) in [5.41, 5.74) is -3.78. The number of ether oxygens (including phenoxy) is 1. The lowest BCUT2D eigenvalue weighted by atomic mass is 10.1. The summed E-state index contributed by atoms with van der Waals surface area (Å²) >= 11 is 5.26. The van der Waals surface area contributed by atoms with Crippen molar-refractivity contribution in [3.8, 4) is 5.75 Å². The van der Waals surface area contributed by atoms with E-state index in [-0.39, 0.29) is 6.07 Å². The van der Waals surface area contributed by atoms with E-state index in [1.54, 1.807) is 0 Å². The van der Waals surface area contributed by atoms with Gasteiger partial charge in [0.25, 0.3) is 0 Å². The first-order chi connectivity index (χ1) is 7.59. The molecule has 0 saturated heterocycles. The van der Waals surface area contributed by atoms with Gasteiger partial charge in [-0.1, -0.05) is 11.6 Å². The smallest absolute Gasteiger partial charge is 0.418 e. The fourth-order valence-corrected chi connectivity index (χ4v) is 1.58. The lowest BCUT2D eigenvalue weighted by molar-refractivity contribution is -0.162. The number of methoxy groups -OCH3 is 1. The average Bonchev–Trinajstić information content (AvgIpc) is 2.13. The molecule has 0 unspecified atom stereocenters. The zero-order chi connectivity index (χ0) is 13.4. The van der Waals surface area contributed by atoms with Crippen molar-refractivity contribution in [2.75, 3.05) is 7.11 Å². The molecule has 0 aromatic heterocycles. The predicted octanol–water partition coefficient (Wildman–Crippen LogP) is 4.39. The second-order valence-electron chi connectivity index (χ2n) is 3.00. The third-order valence-corrected chi connectivity index (χ3v) is 2.29. The molecule has 0 fully saturated rings. The lowest BCUT2D eigenvalue weighted by Gasteiger charge is -2.18. The van der Waals surface area contributed by atoms with Gasteiger partial charge in [-0.25, -0.2) is 0 Å². The van der Waals surface area contributed by atoms with Gasteiger partial charge in [-0.3, -0.25) is 0 Å². The molecule has 0 spiro atoms. The summed E-state index contributed by atoms with van der Waals surface area (Å²) in [5.74, 6) is -0.466. The molecule has 0 aliphatic rings. The van der Waals surface area contributed by atoms with E-state index < -0.39 is 34.3 Å². The van der Waals surface area contributed by atoms with Crippen LogP contribution in [0.3, 0.4) is 0 Å². The standard InChI is InChI=1S/C9H5ClF6O/c1-17-5-3-2-4(8(11,12)13)6(7(5)10)9(14,15)16/h2-3H,1H3. The van der Waals surface area contributed by atoms with E-state index in [0.29, 0.717) is 0 Å². The summed E-state index contributed by atoms with van der Waals surface area (Å²) in [6.07, 6.45) is -10.3. The van der Waals surface area contributed by atoms with Crippen LogP contribution in [0, 0.1) is 0 Å². The molecule has 0 N–H and O–H groups in total. The maximum atomic E-state index is 12.5. The van der Waals surface area contributed by atoms with Gasteiger partial charge in [0.15, 0.2) is 0 Å². The number of hydrogen-bond acceptors (Lipinski definition) is 1. The molecule has 0 heterocycles. The Hall–Kier alpha value is -1.11. The Balaban J connectivity index is 3.59. The van der Waals surface area contributed by atoms with Gasteiger partial charge >= 0.3 is 12.4 Å². The second-order valence-corrected chi connectivity index (χ2v) is 3.38. The molecule has 0 aliphatic heterocycles. The van der Waals surface area contributed by atoms with E-state index >= 15 is 0 Å². The Morgan fingerprint density at radius 1 is 1.00 bits per heavy atom. The van der Waals surface area contributed by atoms with Crippen LogP contribution in [0.25, 0.3) is 0 Å². The van der Waals surface area contributed by atoms with Gasteiger partial charge < -0.3 is 4.74 Å². The van der Waals surface area contributed by atoms with Crippen LogP contribution in [0.15, 0.2) is 12.1 Å². The van der Waals surface area contributed by atoms with Gasteiger partial charge in [0, 0.05) is 0 Å². The van der Waals surface area contributed by atoms with Gasteiger partial charge in [0.05, 0.1) is 23.3 Å². The quantitative estimate of drug-likeness (QED) is 0.693. The number of hydrogen-bond donors (Lipinski definition) is 0. The van der Waals surface area contributed by atoms with Crippen molar-refractivity contribution in [2.24, 2.45) is 0 Å². The van der Waals surface area contributed by atoms with Crippen molar-refractivity contribution >= 4 is 11.6 Å². The van der Waals surface area contributed by atoms with Crippen molar-refractivity contribution in [1.29, 1.82) is 0 Å². The van der Waals surface area contributed by atoms with Crippen LogP contribution in [-0.2, 0) is 12.4 Å². The van der Waals surface area contributed by atoms with Gasteiger partial charge in [-0.05, 0) is 12.1 Å². The summed E-state index contributed by atoms with van der Waals surface area (Å²) in [6, 6.07) is 1.02. The zero-order valence-corrected chi connectivity index (χ0v) is 8.96. The summed E-state index contributed by atoms with van der Waals surface area (Å²) in [6.45, 7) is 0. The Labute approximate surface area is 96.9 Å². The fraction of sp³-hybridized carbons (Fsp3) is 0.333. The molecule has 0 atom stereocenters. The van der Waals surface area contributed by atoms with E-state index in [0.717, 1.165) is 13.2 Å². The maximum Gasteiger partial charge on any atom is 0.418 e. The molecule has 1 rings (SSSR count). The van der Waals surface area contributed by atoms with Crippen molar-refractivity contribution in [3.05, 3.63) is 28.3 Å². The monoisotopic (exact) mass is 278 g/mol. The van der Waals surface area contributed by atoms with Crippen LogP contribution in [0.2, 0.25) is 5.02 Å². The minimum atomic E-state index is -5.21. The topological polar surface area (TPSA) is 9.23 Å². The minimum Gasteiger partial charge on any atom is -0.495 e. The van der Waals surface area contributed by atoms with Crippen LogP contribution in [0.1, 0.15) is 11.1 Å². The molecule has 96 valence electrons. The Bertz CT molecular complexity index is 423. The summed E-state index contributed by atoms with van der Waals surface area (Å²) in [4.78, 5) is 0. The first-order valence-electron chi connectivity index (χ1n) is 4.10. The van der Waals surface area contributed by atoms with Crippen molar-refractivity contribution in [2.45, 2.75) is 12.4 Å². The Kier molecular flexibility index (Phi) is 3.52. The van der Waals surface area contributed by atoms with E-state index in [9.17, 15) is 26.3 Å². The maximum absolute atomic E-state index is 12.5. The van der Waals surface area contributed by atoms with Crippen LogP contribution < -0.4 is 4.74 Å². The lowest BCUT2D eigenvalue weighted by Crippen LogP contribution is -2.17. The van der Waals surface area contributed by atoms with Gasteiger partial charge in [-0.2, -0.15) is 26.3 Å². The molecule has 0 amide bonds.